The van der Waals surface area contributed by atoms with E-state index in [1.165, 1.54) is 4.57 Å². The molecule has 2 aliphatic rings. The topological polar surface area (TPSA) is 109 Å². The van der Waals surface area contributed by atoms with E-state index >= 15 is 0 Å². The van der Waals surface area contributed by atoms with Gasteiger partial charge in [0.2, 0.25) is 17.8 Å². The second-order valence-electron chi connectivity index (χ2n) is 9.73. The van der Waals surface area contributed by atoms with Crippen LogP contribution >= 0.6 is 0 Å². The molecule has 3 aromatic heterocycles. The molecule has 5 heterocycles. The summed E-state index contributed by atoms with van der Waals surface area (Å²) >= 11 is 0. The first-order valence-electron chi connectivity index (χ1n) is 13.1. The molecule has 11 nitrogen and oxygen atoms in total. The molecule has 0 saturated carbocycles. The number of anilines is 4. The van der Waals surface area contributed by atoms with E-state index in [1.807, 2.05) is 17.0 Å². The van der Waals surface area contributed by atoms with Gasteiger partial charge in [0.15, 0.2) is 5.82 Å². The van der Waals surface area contributed by atoms with Crippen molar-refractivity contribution in [1.29, 1.82) is 0 Å². The molecule has 0 unspecified atom stereocenters. The Labute approximate surface area is 224 Å². The Hall–Kier alpha value is -3.97. The predicted octanol–water partition coefficient (Wildman–Crippen LogP) is 3.63. The number of alkyl halides is 2. The van der Waals surface area contributed by atoms with Gasteiger partial charge in [-0.1, -0.05) is 12.1 Å². The number of nitrogens with zero attached hydrogens (tertiary/aromatic N) is 8. The molecule has 13 heteroatoms. The zero-order valence-corrected chi connectivity index (χ0v) is 21.6. The maximum absolute atomic E-state index is 14.1. The molecule has 6 rings (SSSR count). The van der Waals surface area contributed by atoms with Crippen molar-refractivity contribution in [2.45, 2.75) is 25.3 Å². The predicted molar refractivity (Wildman–Crippen MR) is 144 cm³/mol. The van der Waals surface area contributed by atoms with Crippen LogP contribution in [-0.2, 0) is 4.74 Å². The molecule has 0 atom stereocenters. The maximum Gasteiger partial charge on any atom is 0.296 e. The van der Waals surface area contributed by atoms with Crippen molar-refractivity contribution in [3.63, 3.8) is 0 Å². The number of ether oxygens (including phenoxy) is 1. The number of fused-ring (bicyclic) bond motifs is 1. The van der Waals surface area contributed by atoms with Crippen LogP contribution in [0.3, 0.4) is 0 Å². The first-order valence-corrected chi connectivity index (χ1v) is 13.1. The summed E-state index contributed by atoms with van der Waals surface area (Å²) in [5.74, 6) is 1.03. The van der Waals surface area contributed by atoms with Crippen molar-refractivity contribution in [1.82, 2.24) is 34.4 Å². The molecule has 4 aromatic rings. The number of piperidine rings is 1. The molecular formula is C26H30F2N10O. The summed E-state index contributed by atoms with van der Waals surface area (Å²) < 4.78 is 34.9. The normalized spacial score (nSPS) is 17.2. The fraction of sp³-hybridized carbons (Fsp3) is 0.423. The number of aromatic nitrogens is 6. The average Bonchev–Trinajstić information content (AvgIpc) is 3.36. The number of morpholine rings is 1. The summed E-state index contributed by atoms with van der Waals surface area (Å²) in [6, 6.07) is 11.1. The Morgan fingerprint density at radius 3 is 2.44 bits per heavy atom. The highest BCUT2D eigenvalue weighted by atomic mass is 19.3. The second kappa shape index (κ2) is 11.0. The Morgan fingerprint density at radius 2 is 1.69 bits per heavy atom. The van der Waals surface area contributed by atoms with E-state index in [0.717, 1.165) is 31.7 Å². The SMILES string of the molecule is CN1CCC(Nc2ccc(Nc3nc(N4CCOCC4)nc(-n4c(C(F)F)nc5ccccc54)n3)cn2)CC1. The number of benzene rings is 1. The molecule has 39 heavy (non-hydrogen) atoms. The standard InChI is InChI=1S/C26H30F2N10O/c1-36-10-8-17(9-11-36)30-21-7-6-18(16-29-21)31-24-33-25(37-12-14-39-15-13-37)35-26(34-24)38-20-5-3-2-4-19(20)32-23(38)22(27)28/h2-7,16-17,22H,8-15H2,1H3,(H,29,30)(H,31,33,34,35). The van der Waals surface area contributed by atoms with Crippen molar-refractivity contribution in [3.05, 3.63) is 48.4 Å². The van der Waals surface area contributed by atoms with Gasteiger partial charge in [0, 0.05) is 19.1 Å². The average molecular weight is 537 g/mol. The molecule has 2 saturated heterocycles. The smallest absolute Gasteiger partial charge is 0.296 e. The molecule has 1 aromatic carbocycles. The number of pyridine rings is 1. The van der Waals surface area contributed by atoms with Crippen molar-refractivity contribution < 1.29 is 13.5 Å². The molecular weight excluding hydrogens is 506 g/mol. The van der Waals surface area contributed by atoms with Gasteiger partial charge >= 0.3 is 0 Å². The molecule has 0 bridgehead atoms. The molecule has 2 N–H and O–H groups in total. The van der Waals surface area contributed by atoms with Gasteiger partial charge < -0.3 is 25.2 Å². The molecule has 2 aliphatic heterocycles. The second-order valence-corrected chi connectivity index (χ2v) is 9.73. The van der Waals surface area contributed by atoms with Crippen LogP contribution in [0.2, 0.25) is 0 Å². The summed E-state index contributed by atoms with van der Waals surface area (Å²) in [4.78, 5) is 26.7. The fourth-order valence-electron chi connectivity index (χ4n) is 4.86. The first-order chi connectivity index (χ1) is 19.0. The Morgan fingerprint density at radius 1 is 0.923 bits per heavy atom. The summed E-state index contributed by atoms with van der Waals surface area (Å²) in [5, 5.41) is 6.68. The van der Waals surface area contributed by atoms with Gasteiger partial charge in [0.1, 0.15) is 5.82 Å². The van der Waals surface area contributed by atoms with Crippen molar-refractivity contribution >= 4 is 34.4 Å². The summed E-state index contributed by atoms with van der Waals surface area (Å²) in [5.41, 5.74) is 1.59. The van der Waals surface area contributed by atoms with Crippen LogP contribution < -0.4 is 15.5 Å². The molecule has 0 aliphatic carbocycles. The van der Waals surface area contributed by atoms with Crippen LogP contribution in [0.25, 0.3) is 17.0 Å². The highest BCUT2D eigenvalue weighted by Gasteiger charge is 2.24. The molecule has 0 amide bonds. The number of hydrogen-bond acceptors (Lipinski definition) is 10. The van der Waals surface area contributed by atoms with Gasteiger partial charge in [-0.05, 0) is 57.2 Å². The van der Waals surface area contributed by atoms with Gasteiger partial charge in [0.05, 0.1) is 36.1 Å². The summed E-state index contributed by atoms with van der Waals surface area (Å²) in [6.07, 6.45) is 1.03. The first kappa shape index (κ1) is 25.3. The third-order valence-corrected chi connectivity index (χ3v) is 6.98. The van der Waals surface area contributed by atoms with E-state index in [2.05, 4.69) is 47.5 Å². The Kier molecular flexibility index (Phi) is 7.16. The monoisotopic (exact) mass is 536 g/mol. The van der Waals surface area contributed by atoms with E-state index in [-0.39, 0.29) is 11.9 Å². The van der Waals surface area contributed by atoms with Gasteiger partial charge in [-0.25, -0.2) is 18.7 Å². The van der Waals surface area contributed by atoms with Gasteiger partial charge in [-0.2, -0.15) is 15.0 Å². The molecule has 2 fully saturated rings. The number of nitrogens with one attached hydrogen (secondary N) is 2. The molecule has 0 radical (unpaired) electrons. The molecule has 0 spiro atoms. The van der Waals surface area contributed by atoms with Gasteiger partial charge in [-0.15, -0.1) is 0 Å². The van der Waals surface area contributed by atoms with E-state index in [0.29, 0.717) is 55.0 Å². The van der Waals surface area contributed by atoms with Crippen molar-refractivity contribution in [2.24, 2.45) is 0 Å². The highest BCUT2D eigenvalue weighted by molar-refractivity contribution is 5.77. The van der Waals surface area contributed by atoms with Gasteiger partial charge in [0.25, 0.3) is 6.43 Å². The Balaban J connectivity index is 1.31. The van der Waals surface area contributed by atoms with E-state index in [1.54, 1.807) is 30.5 Å². The van der Waals surface area contributed by atoms with Crippen LogP contribution in [0.15, 0.2) is 42.6 Å². The number of halogens is 2. The van der Waals surface area contributed by atoms with Crippen LogP contribution in [0.4, 0.5) is 32.2 Å². The molecule has 204 valence electrons. The van der Waals surface area contributed by atoms with Crippen LogP contribution in [0, 0.1) is 0 Å². The van der Waals surface area contributed by atoms with Crippen molar-refractivity contribution in [3.8, 4) is 5.95 Å². The Bertz CT molecular complexity index is 1420. The zero-order valence-electron chi connectivity index (χ0n) is 21.6. The lowest BCUT2D eigenvalue weighted by molar-refractivity contribution is 0.122. The minimum Gasteiger partial charge on any atom is -0.378 e. The highest BCUT2D eigenvalue weighted by Crippen LogP contribution is 2.28. The van der Waals surface area contributed by atoms with E-state index in [9.17, 15) is 8.78 Å². The summed E-state index contributed by atoms with van der Waals surface area (Å²) in [6.45, 7) is 4.32. The lowest BCUT2D eigenvalue weighted by Crippen LogP contribution is -2.37. The summed E-state index contributed by atoms with van der Waals surface area (Å²) in [7, 11) is 2.13. The van der Waals surface area contributed by atoms with E-state index < -0.39 is 12.2 Å². The minimum atomic E-state index is -2.81. The number of para-hydroxylation sites is 2. The van der Waals surface area contributed by atoms with E-state index in [4.69, 9.17) is 4.74 Å². The van der Waals surface area contributed by atoms with Crippen LogP contribution in [-0.4, -0.2) is 86.9 Å². The fourth-order valence-corrected chi connectivity index (χ4v) is 4.86. The van der Waals surface area contributed by atoms with Crippen LogP contribution in [0.5, 0.6) is 0 Å². The largest absolute Gasteiger partial charge is 0.378 e. The lowest BCUT2D eigenvalue weighted by atomic mass is 10.1. The number of likely N-dealkylation sites (tertiary alicyclic amines) is 1. The number of imidazole rings is 1. The quantitative estimate of drug-likeness (QED) is 0.363. The third-order valence-electron chi connectivity index (χ3n) is 6.98. The lowest BCUT2D eigenvalue weighted by Gasteiger charge is -2.29. The van der Waals surface area contributed by atoms with Crippen molar-refractivity contribution in [2.75, 3.05) is 62.0 Å². The number of hydrogen-bond donors (Lipinski definition) is 2. The van der Waals surface area contributed by atoms with Gasteiger partial charge in [-0.3, -0.25) is 4.57 Å². The van der Waals surface area contributed by atoms with Crippen LogP contribution in [0.1, 0.15) is 25.1 Å². The number of rotatable bonds is 7. The maximum atomic E-state index is 14.1. The minimum absolute atomic E-state index is 0.0616. The third kappa shape index (κ3) is 5.59. The zero-order chi connectivity index (χ0) is 26.8.